The van der Waals surface area contributed by atoms with Crippen molar-refractivity contribution in [1.82, 2.24) is 15.5 Å². The first-order chi connectivity index (χ1) is 7.67. The number of aromatic nitrogens is 2. The van der Waals surface area contributed by atoms with Crippen molar-refractivity contribution in [2.24, 2.45) is 0 Å². The Kier molecular flexibility index (Phi) is 4.91. The zero-order valence-electron chi connectivity index (χ0n) is 9.46. The molecule has 1 aromatic heterocycles. The Morgan fingerprint density at radius 2 is 2.31 bits per heavy atom. The minimum atomic E-state index is -0.0717. The molecule has 0 unspecified atom stereocenters. The number of rotatable bonds is 4. The van der Waals surface area contributed by atoms with Gasteiger partial charge in [-0.3, -0.25) is 9.89 Å². The Morgan fingerprint density at radius 3 is 2.94 bits per heavy atom. The summed E-state index contributed by atoms with van der Waals surface area (Å²) < 4.78 is 0. The highest BCUT2D eigenvalue weighted by atomic mass is 32.1. The second-order valence-electron chi connectivity index (χ2n) is 3.38. The van der Waals surface area contributed by atoms with E-state index in [0.29, 0.717) is 11.5 Å². The second kappa shape index (κ2) is 6.22. The summed E-state index contributed by atoms with van der Waals surface area (Å²) >= 11 is 5.01. The van der Waals surface area contributed by atoms with Crippen molar-refractivity contribution in [3.05, 3.63) is 11.8 Å². The van der Waals surface area contributed by atoms with Crippen LogP contribution in [0.15, 0.2) is 6.20 Å². The van der Waals surface area contributed by atoms with E-state index in [4.69, 9.17) is 12.2 Å². The fourth-order valence-electron chi connectivity index (χ4n) is 1.25. The number of anilines is 1. The van der Waals surface area contributed by atoms with Crippen LogP contribution >= 0.6 is 12.2 Å². The minimum absolute atomic E-state index is 0.0717. The van der Waals surface area contributed by atoms with Crippen molar-refractivity contribution in [2.75, 3.05) is 5.32 Å². The Balaban J connectivity index is 2.48. The average molecular weight is 240 g/mol. The summed E-state index contributed by atoms with van der Waals surface area (Å²) in [5.41, 5.74) is 1.03. The van der Waals surface area contributed by atoms with E-state index in [2.05, 4.69) is 20.8 Å². The fourth-order valence-corrected chi connectivity index (χ4v) is 1.46. The summed E-state index contributed by atoms with van der Waals surface area (Å²) in [6.45, 7) is 3.97. The van der Waals surface area contributed by atoms with Crippen molar-refractivity contribution in [2.45, 2.75) is 33.1 Å². The third-order valence-corrected chi connectivity index (χ3v) is 2.27. The lowest BCUT2D eigenvalue weighted by atomic mass is 10.2. The van der Waals surface area contributed by atoms with Crippen LogP contribution < -0.4 is 10.6 Å². The number of carbonyl (C=O) groups is 1. The molecule has 6 heteroatoms. The second-order valence-corrected chi connectivity index (χ2v) is 3.78. The molecule has 0 fully saturated rings. The lowest BCUT2D eigenvalue weighted by Crippen LogP contribution is -2.34. The number of hydrogen-bond acceptors (Lipinski definition) is 3. The lowest BCUT2D eigenvalue weighted by molar-refractivity contribution is -0.119. The molecule has 1 heterocycles. The zero-order valence-corrected chi connectivity index (χ0v) is 10.3. The lowest BCUT2D eigenvalue weighted by Gasteiger charge is -2.08. The van der Waals surface area contributed by atoms with E-state index in [1.165, 1.54) is 0 Å². The highest BCUT2D eigenvalue weighted by Crippen LogP contribution is 2.10. The molecule has 3 N–H and O–H groups in total. The summed E-state index contributed by atoms with van der Waals surface area (Å²) in [7, 11) is 0. The van der Waals surface area contributed by atoms with Crippen LogP contribution in [0, 0.1) is 0 Å². The topological polar surface area (TPSA) is 69.8 Å². The molecule has 0 saturated carbocycles. The van der Waals surface area contributed by atoms with Gasteiger partial charge in [0.1, 0.15) is 5.82 Å². The van der Waals surface area contributed by atoms with Gasteiger partial charge in [0.25, 0.3) is 0 Å². The van der Waals surface area contributed by atoms with E-state index >= 15 is 0 Å². The third-order valence-electron chi connectivity index (χ3n) is 2.07. The Bertz CT molecular complexity index is 375. The number of carbonyl (C=O) groups excluding carboxylic acids is 1. The van der Waals surface area contributed by atoms with Crippen molar-refractivity contribution in [1.29, 1.82) is 0 Å². The molecular formula is C10H16N4OS. The number of thiocarbonyl (C=S) groups is 1. The fraction of sp³-hybridized carbons (Fsp3) is 0.500. The van der Waals surface area contributed by atoms with Crippen LogP contribution in [0.3, 0.4) is 0 Å². The summed E-state index contributed by atoms with van der Waals surface area (Å²) in [6.07, 6.45) is 3.87. The standard InChI is InChI=1S/C10H16N4OS/c1-3-5-8(15)12-10(16)13-9-7(4-2)6-11-14-9/h6H,3-5H2,1-2H3,(H3,11,12,13,14,15,16). The van der Waals surface area contributed by atoms with Crippen LogP contribution in [0.5, 0.6) is 0 Å². The van der Waals surface area contributed by atoms with E-state index in [0.717, 1.165) is 24.2 Å². The molecule has 5 nitrogen and oxygen atoms in total. The molecule has 1 aromatic rings. The van der Waals surface area contributed by atoms with Gasteiger partial charge in [0.05, 0.1) is 6.20 Å². The number of nitrogens with zero attached hydrogens (tertiary/aromatic N) is 1. The van der Waals surface area contributed by atoms with Crippen LogP contribution in [0.2, 0.25) is 0 Å². The van der Waals surface area contributed by atoms with Gasteiger partial charge >= 0.3 is 0 Å². The number of H-pyrrole nitrogens is 1. The quantitative estimate of drug-likeness (QED) is 0.699. The summed E-state index contributed by atoms with van der Waals surface area (Å²) in [6, 6.07) is 0. The van der Waals surface area contributed by atoms with Crippen molar-refractivity contribution in [3.8, 4) is 0 Å². The van der Waals surface area contributed by atoms with E-state index in [-0.39, 0.29) is 5.91 Å². The van der Waals surface area contributed by atoms with Gasteiger partial charge < -0.3 is 10.6 Å². The zero-order chi connectivity index (χ0) is 12.0. The van der Waals surface area contributed by atoms with Gasteiger partial charge in [-0.1, -0.05) is 13.8 Å². The highest BCUT2D eigenvalue weighted by molar-refractivity contribution is 7.80. The third kappa shape index (κ3) is 3.62. The molecule has 0 spiro atoms. The van der Waals surface area contributed by atoms with Gasteiger partial charge in [-0.25, -0.2) is 0 Å². The maximum atomic E-state index is 11.3. The Labute approximate surface area is 100 Å². The molecule has 0 aliphatic rings. The molecule has 0 bridgehead atoms. The molecule has 1 rings (SSSR count). The van der Waals surface area contributed by atoms with E-state index < -0.39 is 0 Å². The maximum Gasteiger partial charge on any atom is 0.226 e. The first kappa shape index (κ1) is 12.6. The molecule has 88 valence electrons. The van der Waals surface area contributed by atoms with Gasteiger partial charge in [0, 0.05) is 12.0 Å². The molecule has 1 amide bonds. The number of aryl methyl sites for hydroxylation is 1. The maximum absolute atomic E-state index is 11.3. The summed E-state index contributed by atoms with van der Waals surface area (Å²) in [4.78, 5) is 11.3. The number of nitrogens with one attached hydrogen (secondary N) is 3. The van der Waals surface area contributed by atoms with Gasteiger partial charge in [0.15, 0.2) is 5.11 Å². The van der Waals surface area contributed by atoms with Crippen LogP contribution in [-0.2, 0) is 11.2 Å². The SMILES string of the molecule is CCCC(=O)NC(=S)Nc1[nH]ncc1CC. The number of hydrogen-bond donors (Lipinski definition) is 3. The van der Waals surface area contributed by atoms with E-state index in [1.54, 1.807) is 6.20 Å². The minimum Gasteiger partial charge on any atom is -0.317 e. The molecule has 0 saturated heterocycles. The van der Waals surface area contributed by atoms with Crippen LogP contribution in [0.4, 0.5) is 5.82 Å². The van der Waals surface area contributed by atoms with Gasteiger partial charge in [-0.05, 0) is 25.1 Å². The molecule has 0 atom stereocenters. The van der Waals surface area contributed by atoms with Crippen LogP contribution in [0.1, 0.15) is 32.3 Å². The normalized spacial score (nSPS) is 9.88. The molecular weight excluding hydrogens is 224 g/mol. The van der Waals surface area contributed by atoms with Gasteiger partial charge in [-0.2, -0.15) is 5.10 Å². The van der Waals surface area contributed by atoms with Crippen molar-refractivity contribution >= 4 is 29.1 Å². The van der Waals surface area contributed by atoms with Crippen LogP contribution in [0.25, 0.3) is 0 Å². The smallest absolute Gasteiger partial charge is 0.226 e. The highest BCUT2D eigenvalue weighted by Gasteiger charge is 2.07. The van der Waals surface area contributed by atoms with E-state index in [9.17, 15) is 4.79 Å². The monoisotopic (exact) mass is 240 g/mol. The molecule has 0 aliphatic heterocycles. The van der Waals surface area contributed by atoms with Crippen molar-refractivity contribution < 1.29 is 4.79 Å². The summed E-state index contributed by atoms with van der Waals surface area (Å²) in [5, 5.41) is 12.5. The Morgan fingerprint density at radius 1 is 1.56 bits per heavy atom. The predicted octanol–water partition coefficient (Wildman–Crippen LogP) is 1.59. The molecule has 0 aliphatic carbocycles. The largest absolute Gasteiger partial charge is 0.317 e. The number of aromatic amines is 1. The molecule has 0 radical (unpaired) electrons. The predicted molar refractivity (Wildman–Crippen MR) is 67.2 cm³/mol. The van der Waals surface area contributed by atoms with Gasteiger partial charge in [-0.15, -0.1) is 0 Å². The first-order valence-electron chi connectivity index (χ1n) is 5.30. The van der Waals surface area contributed by atoms with E-state index in [1.807, 2.05) is 13.8 Å². The summed E-state index contributed by atoms with van der Waals surface area (Å²) in [5.74, 6) is 0.668. The molecule has 16 heavy (non-hydrogen) atoms. The first-order valence-corrected chi connectivity index (χ1v) is 5.71. The molecule has 0 aromatic carbocycles. The Hall–Kier alpha value is -1.43. The van der Waals surface area contributed by atoms with Crippen LogP contribution in [-0.4, -0.2) is 21.2 Å². The van der Waals surface area contributed by atoms with Crippen molar-refractivity contribution in [3.63, 3.8) is 0 Å². The number of amides is 1. The average Bonchev–Trinajstić information content (AvgIpc) is 2.65. The van der Waals surface area contributed by atoms with Gasteiger partial charge in [0.2, 0.25) is 5.91 Å².